The number of rotatable bonds is 4. The van der Waals surface area contributed by atoms with E-state index in [1.165, 1.54) is 6.07 Å². The molecule has 0 aliphatic rings. The number of furan rings is 1. The Labute approximate surface area is 105 Å². The van der Waals surface area contributed by atoms with E-state index in [0.717, 1.165) is 17.5 Å². The van der Waals surface area contributed by atoms with Gasteiger partial charge in [0, 0.05) is 24.7 Å². The third-order valence-corrected chi connectivity index (χ3v) is 2.82. The molecule has 4 nitrogen and oxygen atoms in total. The van der Waals surface area contributed by atoms with Crippen molar-refractivity contribution < 1.29 is 13.9 Å². The van der Waals surface area contributed by atoms with Crippen molar-refractivity contribution in [3.8, 4) is 0 Å². The molecule has 0 aliphatic carbocycles. The lowest BCUT2D eigenvalue weighted by Crippen LogP contribution is -2.19. The third-order valence-electron chi connectivity index (χ3n) is 2.82. The van der Waals surface area contributed by atoms with Gasteiger partial charge in [0.05, 0.1) is 19.1 Å². The van der Waals surface area contributed by atoms with Crippen LogP contribution in [0, 0.1) is 12.7 Å². The number of hydrogen-bond acceptors (Lipinski definition) is 4. The van der Waals surface area contributed by atoms with Crippen LogP contribution in [-0.4, -0.2) is 17.1 Å². The molecule has 2 aromatic rings. The Bertz CT molecular complexity index is 540. The number of aryl methyl sites for hydroxylation is 1. The smallest absolute Gasteiger partial charge is 0.142 e. The van der Waals surface area contributed by atoms with Gasteiger partial charge >= 0.3 is 0 Å². The number of anilines is 1. The van der Waals surface area contributed by atoms with Crippen LogP contribution in [0.4, 0.5) is 10.2 Å². The number of nitrogens with zero attached hydrogens (tertiary/aromatic N) is 2. The third kappa shape index (κ3) is 2.51. The van der Waals surface area contributed by atoms with E-state index in [2.05, 4.69) is 4.98 Å². The molecule has 18 heavy (non-hydrogen) atoms. The predicted molar refractivity (Wildman–Crippen MR) is 65.7 cm³/mol. The molecule has 5 heteroatoms. The molecule has 0 fully saturated rings. The van der Waals surface area contributed by atoms with Crippen molar-refractivity contribution in [1.82, 2.24) is 4.98 Å². The van der Waals surface area contributed by atoms with Gasteiger partial charge < -0.3 is 14.4 Å². The maximum absolute atomic E-state index is 13.0. The molecule has 0 saturated carbocycles. The van der Waals surface area contributed by atoms with Gasteiger partial charge in [0.15, 0.2) is 0 Å². The summed E-state index contributed by atoms with van der Waals surface area (Å²) in [6.45, 7) is 2.23. The molecule has 0 radical (unpaired) electrons. The van der Waals surface area contributed by atoms with Gasteiger partial charge in [0.25, 0.3) is 0 Å². The summed E-state index contributed by atoms with van der Waals surface area (Å²) in [6.07, 6.45) is 2.77. The van der Waals surface area contributed by atoms with Crippen LogP contribution in [0.5, 0.6) is 0 Å². The summed E-state index contributed by atoms with van der Waals surface area (Å²) >= 11 is 0. The number of hydrogen-bond donors (Lipinski definition) is 1. The highest BCUT2D eigenvalue weighted by Crippen LogP contribution is 2.20. The molecule has 0 aromatic carbocycles. The standard InChI is InChI=1S/C13H15FN2O2/c1-9-10(3-4-18-9)7-16(2)13-11(8-17)5-12(14)6-15-13/h3-6,17H,7-8H2,1-2H3. The van der Waals surface area contributed by atoms with Crippen LogP contribution in [0.15, 0.2) is 29.0 Å². The zero-order valence-corrected chi connectivity index (χ0v) is 10.4. The SMILES string of the molecule is Cc1occc1CN(C)c1ncc(F)cc1CO. The van der Waals surface area contributed by atoms with E-state index in [-0.39, 0.29) is 6.61 Å². The molecule has 2 aromatic heterocycles. The molecule has 0 saturated heterocycles. The van der Waals surface area contributed by atoms with Gasteiger partial charge in [-0.2, -0.15) is 0 Å². The van der Waals surface area contributed by atoms with Gasteiger partial charge in [-0.3, -0.25) is 0 Å². The van der Waals surface area contributed by atoms with Crippen LogP contribution in [0.3, 0.4) is 0 Å². The molecule has 2 rings (SSSR count). The lowest BCUT2D eigenvalue weighted by molar-refractivity contribution is 0.281. The topological polar surface area (TPSA) is 49.5 Å². The van der Waals surface area contributed by atoms with E-state index >= 15 is 0 Å². The minimum absolute atomic E-state index is 0.241. The van der Waals surface area contributed by atoms with Gasteiger partial charge in [-0.25, -0.2) is 9.37 Å². The summed E-state index contributed by atoms with van der Waals surface area (Å²) in [4.78, 5) is 5.87. The van der Waals surface area contributed by atoms with E-state index in [1.807, 2.05) is 24.9 Å². The molecule has 0 atom stereocenters. The summed E-state index contributed by atoms with van der Waals surface area (Å²) in [5, 5.41) is 9.22. The van der Waals surface area contributed by atoms with Crippen LogP contribution in [0.2, 0.25) is 0 Å². The second kappa shape index (κ2) is 5.18. The Balaban J connectivity index is 2.23. The monoisotopic (exact) mass is 250 g/mol. The number of aliphatic hydroxyl groups is 1. The summed E-state index contributed by atoms with van der Waals surface area (Å²) < 4.78 is 18.3. The number of aliphatic hydroxyl groups excluding tert-OH is 1. The Kier molecular flexibility index (Phi) is 3.62. The zero-order chi connectivity index (χ0) is 13.1. The largest absolute Gasteiger partial charge is 0.469 e. The quantitative estimate of drug-likeness (QED) is 0.904. The maximum atomic E-state index is 13.0. The molecular weight excluding hydrogens is 235 g/mol. The molecular formula is C13H15FN2O2. The minimum atomic E-state index is -0.448. The van der Waals surface area contributed by atoms with Crippen molar-refractivity contribution in [2.24, 2.45) is 0 Å². The molecule has 2 heterocycles. The van der Waals surface area contributed by atoms with E-state index in [9.17, 15) is 9.50 Å². The van der Waals surface area contributed by atoms with Crippen molar-refractivity contribution >= 4 is 5.82 Å². The van der Waals surface area contributed by atoms with Crippen LogP contribution in [0.25, 0.3) is 0 Å². The maximum Gasteiger partial charge on any atom is 0.142 e. The summed E-state index contributed by atoms with van der Waals surface area (Å²) in [6, 6.07) is 3.18. The van der Waals surface area contributed by atoms with Crippen LogP contribution in [-0.2, 0) is 13.2 Å². The molecule has 0 bridgehead atoms. The molecule has 0 spiro atoms. The fourth-order valence-corrected chi connectivity index (χ4v) is 1.84. The Morgan fingerprint density at radius 1 is 1.44 bits per heavy atom. The molecule has 1 N–H and O–H groups in total. The van der Waals surface area contributed by atoms with Gasteiger partial charge in [-0.15, -0.1) is 0 Å². The first-order valence-corrected chi connectivity index (χ1v) is 5.61. The van der Waals surface area contributed by atoms with Gasteiger partial charge in [-0.1, -0.05) is 0 Å². The minimum Gasteiger partial charge on any atom is -0.469 e. The zero-order valence-electron chi connectivity index (χ0n) is 10.4. The van der Waals surface area contributed by atoms with E-state index in [1.54, 1.807) is 6.26 Å². The van der Waals surface area contributed by atoms with E-state index in [4.69, 9.17) is 4.42 Å². The number of pyridine rings is 1. The highest BCUT2D eigenvalue weighted by atomic mass is 19.1. The first-order valence-electron chi connectivity index (χ1n) is 5.61. The number of aromatic nitrogens is 1. The highest BCUT2D eigenvalue weighted by molar-refractivity contribution is 5.46. The average Bonchev–Trinajstić information content (AvgIpc) is 2.74. The van der Waals surface area contributed by atoms with E-state index < -0.39 is 5.82 Å². The molecule has 96 valence electrons. The summed E-state index contributed by atoms with van der Waals surface area (Å²) in [5.41, 5.74) is 1.51. The average molecular weight is 250 g/mol. The van der Waals surface area contributed by atoms with Crippen LogP contribution in [0.1, 0.15) is 16.9 Å². The molecule has 0 aliphatic heterocycles. The fourth-order valence-electron chi connectivity index (χ4n) is 1.84. The lowest BCUT2D eigenvalue weighted by Gasteiger charge is -2.20. The van der Waals surface area contributed by atoms with Crippen LogP contribution < -0.4 is 4.90 Å². The lowest BCUT2D eigenvalue weighted by atomic mass is 10.2. The second-order valence-electron chi connectivity index (χ2n) is 4.15. The van der Waals surface area contributed by atoms with Crippen molar-refractivity contribution in [2.75, 3.05) is 11.9 Å². The first kappa shape index (κ1) is 12.6. The summed E-state index contributed by atoms with van der Waals surface area (Å²) in [7, 11) is 1.84. The first-order chi connectivity index (χ1) is 8.61. The normalized spacial score (nSPS) is 10.7. The van der Waals surface area contributed by atoms with Gasteiger partial charge in [-0.05, 0) is 19.1 Å². The Morgan fingerprint density at radius 2 is 2.22 bits per heavy atom. The fraction of sp³-hybridized carbons (Fsp3) is 0.308. The molecule has 0 unspecified atom stereocenters. The van der Waals surface area contributed by atoms with Crippen molar-refractivity contribution in [3.05, 3.63) is 47.3 Å². The van der Waals surface area contributed by atoms with Crippen molar-refractivity contribution in [1.29, 1.82) is 0 Å². The van der Waals surface area contributed by atoms with Gasteiger partial charge in [0.1, 0.15) is 17.4 Å². The van der Waals surface area contributed by atoms with E-state index in [0.29, 0.717) is 17.9 Å². The van der Waals surface area contributed by atoms with Crippen LogP contribution >= 0.6 is 0 Å². The Hall–Kier alpha value is -1.88. The highest BCUT2D eigenvalue weighted by Gasteiger charge is 2.12. The number of halogens is 1. The van der Waals surface area contributed by atoms with Gasteiger partial charge in [0.2, 0.25) is 0 Å². The van der Waals surface area contributed by atoms with Crippen molar-refractivity contribution in [3.63, 3.8) is 0 Å². The Morgan fingerprint density at radius 3 is 2.83 bits per heavy atom. The van der Waals surface area contributed by atoms with Crippen molar-refractivity contribution in [2.45, 2.75) is 20.1 Å². The predicted octanol–water partition coefficient (Wildman–Crippen LogP) is 2.25. The second-order valence-corrected chi connectivity index (χ2v) is 4.15. The molecule has 0 amide bonds. The summed E-state index contributed by atoms with van der Waals surface area (Å²) in [5.74, 6) is 0.963.